The van der Waals surface area contributed by atoms with E-state index in [1.165, 1.54) is 12.5 Å². The normalized spacial score (nSPS) is 11.0. The van der Waals surface area contributed by atoms with Crippen LogP contribution in [-0.2, 0) is 6.54 Å². The molecule has 1 rings (SSSR count). The number of hydrogen-bond donors (Lipinski definition) is 1. The molecule has 0 spiro atoms. The van der Waals surface area contributed by atoms with Gasteiger partial charge in [-0.1, -0.05) is 13.8 Å². The second-order valence-electron chi connectivity index (χ2n) is 4.28. The molecule has 0 fully saturated rings. The number of nitrogens with zero attached hydrogens (tertiary/aromatic N) is 2. The molecule has 1 aromatic heterocycles. The van der Waals surface area contributed by atoms with Gasteiger partial charge in [-0.05, 0) is 38.5 Å². The summed E-state index contributed by atoms with van der Waals surface area (Å²) in [5.41, 5.74) is 6.33. The summed E-state index contributed by atoms with van der Waals surface area (Å²) >= 11 is 0. The van der Waals surface area contributed by atoms with Crippen LogP contribution in [0.2, 0.25) is 0 Å². The first kappa shape index (κ1) is 13.8. The van der Waals surface area contributed by atoms with Crippen molar-refractivity contribution in [3.63, 3.8) is 0 Å². The van der Waals surface area contributed by atoms with E-state index in [2.05, 4.69) is 18.7 Å². The summed E-state index contributed by atoms with van der Waals surface area (Å²) in [5.74, 6) is 0. The molecule has 0 aliphatic carbocycles. The van der Waals surface area contributed by atoms with Crippen LogP contribution in [0.4, 0.5) is 5.69 Å². The van der Waals surface area contributed by atoms with Gasteiger partial charge in [0, 0.05) is 24.5 Å². The van der Waals surface area contributed by atoms with Crippen LogP contribution in [0.5, 0.6) is 0 Å². The number of nitrogens with two attached hydrogens (primary N) is 1. The first-order chi connectivity index (χ1) is 8.17. The number of aromatic nitrogens is 1. The molecule has 0 amide bonds. The summed E-state index contributed by atoms with van der Waals surface area (Å²) in [4.78, 5) is 13.9. The van der Waals surface area contributed by atoms with Crippen LogP contribution in [0.15, 0.2) is 23.1 Å². The Morgan fingerprint density at radius 2 is 2.06 bits per heavy atom. The third kappa shape index (κ3) is 4.61. The van der Waals surface area contributed by atoms with Gasteiger partial charge in [-0.15, -0.1) is 0 Å². The van der Waals surface area contributed by atoms with Crippen molar-refractivity contribution in [2.24, 2.45) is 0 Å². The van der Waals surface area contributed by atoms with Crippen molar-refractivity contribution in [2.45, 2.75) is 33.2 Å². The van der Waals surface area contributed by atoms with E-state index in [-0.39, 0.29) is 5.56 Å². The van der Waals surface area contributed by atoms with Gasteiger partial charge in [0.25, 0.3) is 5.56 Å². The Kier molecular flexibility index (Phi) is 5.77. The first-order valence-electron chi connectivity index (χ1n) is 6.35. The highest BCUT2D eigenvalue weighted by Crippen LogP contribution is 1.99. The van der Waals surface area contributed by atoms with Crippen LogP contribution in [0.3, 0.4) is 0 Å². The van der Waals surface area contributed by atoms with E-state index >= 15 is 0 Å². The minimum atomic E-state index is 0.0257. The first-order valence-corrected chi connectivity index (χ1v) is 6.35. The van der Waals surface area contributed by atoms with Gasteiger partial charge in [0.1, 0.15) is 0 Å². The highest BCUT2D eigenvalue weighted by Gasteiger charge is 2.01. The smallest absolute Gasteiger partial charge is 0.250 e. The van der Waals surface area contributed by atoms with E-state index in [0.29, 0.717) is 5.69 Å². The SMILES string of the molecule is CCCN(CC)CCCn1cc(N)ccc1=O. The van der Waals surface area contributed by atoms with Crippen LogP contribution < -0.4 is 11.3 Å². The summed E-state index contributed by atoms with van der Waals surface area (Å²) in [5, 5.41) is 0. The van der Waals surface area contributed by atoms with Crippen molar-refractivity contribution in [3.8, 4) is 0 Å². The third-order valence-corrected chi connectivity index (χ3v) is 2.87. The minimum Gasteiger partial charge on any atom is -0.398 e. The van der Waals surface area contributed by atoms with E-state index in [0.717, 1.165) is 32.6 Å². The fourth-order valence-electron chi connectivity index (χ4n) is 1.93. The summed E-state index contributed by atoms with van der Waals surface area (Å²) in [6.45, 7) is 8.32. The van der Waals surface area contributed by atoms with Crippen LogP contribution in [0.1, 0.15) is 26.7 Å². The highest BCUT2D eigenvalue weighted by molar-refractivity contribution is 5.33. The molecule has 0 unspecified atom stereocenters. The highest BCUT2D eigenvalue weighted by atomic mass is 16.1. The number of pyridine rings is 1. The van der Waals surface area contributed by atoms with Crippen molar-refractivity contribution in [1.29, 1.82) is 0 Å². The van der Waals surface area contributed by atoms with E-state index in [1.54, 1.807) is 16.8 Å². The monoisotopic (exact) mass is 237 g/mol. The molecular weight excluding hydrogens is 214 g/mol. The molecule has 1 heterocycles. The topological polar surface area (TPSA) is 51.3 Å². The Labute approximate surface area is 103 Å². The summed E-state index contributed by atoms with van der Waals surface area (Å²) in [6, 6.07) is 3.17. The lowest BCUT2D eigenvalue weighted by Gasteiger charge is -2.19. The molecule has 0 bridgehead atoms. The van der Waals surface area contributed by atoms with Crippen LogP contribution >= 0.6 is 0 Å². The Balaban J connectivity index is 2.45. The largest absolute Gasteiger partial charge is 0.398 e. The Morgan fingerprint density at radius 3 is 2.71 bits per heavy atom. The van der Waals surface area contributed by atoms with Crippen LogP contribution in [-0.4, -0.2) is 29.1 Å². The molecule has 17 heavy (non-hydrogen) atoms. The average Bonchev–Trinajstić information content (AvgIpc) is 2.32. The van der Waals surface area contributed by atoms with E-state index < -0.39 is 0 Å². The summed E-state index contributed by atoms with van der Waals surface area (Å²) in [7, 11) is 0. The molecule has 1 aromatic rings. The van der Waals surface area contributed by atoms with Crippen molar-refractivity contribution in [1.82, 2.24) is 9.47 Å². The lowest BCUT2D eigenvalue weighted by Crippen LogP contribution is -2.27. The molecule has 0 aromatic carbocycles. The molecule has 0 saturated heterocycles. The molecule has 4 nitrogen and oxygen atoms in total. The molecule has 0 radical (unpaired) electrons. The van der Waals surface area contributed by atoms with Gasteiger partial charge < -0.3 is 15.2 Å². The van der Waals surface area contributed by atoms with Gasteiger partial charge in [-0.2, -0.15) is 0 Å². The predicted molar refractivity (Wildman–Crippen MR) is 72.1 cm³/mol. The minimum absolute atomic E-state index is 0.0257. The molecular formula is C13H23N3O. The third-order valence-electron chi connectivity index (χ3n) is 2.87. The summed E-state index contributed by atoms with van der Waals surface area (Å²) in [6.07, 6.45) is 3.88. The van der Waals surface area contributed by atoms with Gasteiger partial charge >= 0.3 is 0 Å². The standard InChI is InChI=1S/C13H23N3O/c1-3-8-15(4-2)9-5-10-16-11-12(14)6-7-13(16)17/h6-7,11H,3-5,8-10,14H2,1-2H3. The van der Waals surface area contributed by atoms with Crippen molar-refractivity contribution in [2.75, 3.05) is 25.4 Å². The number of anilines is 1. The zero-order chi connectivity index (χ0) is 12.7. The van der Waals surface area contributed by atoms with E-state index in [4.69, 9.17) is 5.73 Å². The average molecular weight is 237 g/mol. The van der Waals surface area contributed by atoms with Gasteiger partial charge in [-0.3, -0.25) is 4.79 Å². The molecule has 4 heteroatoms. The van der Waals surface area contributed by atoms with Crippen LogP contribution in [0, 0.1) is 0 Å². The van der Waals surface area contributed by atoms with E-state index in [9.17, 15) is 4.79 Å². The molecule has 96 valence electrons. The molecule has 0 aliphatic heterocycles. The van der Waals surface area contributed by atoms with Gasteiger partial charge in [0.05, 0.1) is 0 Å². The summed E-state index contributed by atoms with van der Waals surface area (Å²) < 4.78 is 1.69. The maximum absolute atomic E-state index is 11.5. The van der Waals surface area contributed by atoms with Gasteiger partial charge in [-0.25, -0.2) is 0 Å². The van der Waals surface area contributed by atoms with Gasteiger partial charge in [0.2, 0.25) is 0 Å². The molecule has 0 aliphatic rings. The van der Waals surface area contributed by atoms with E-state index in [1.807, 2.05) is 0 Å². The molecule has 0 atom stereocenters. The maximum atomic E-state index is 11.5. The van der Waals surface area contributed by atoms with Crippen molar-refractivity contribution < 1.29 is 0 Å². The Hall–Kier alpha value is -1.29. The Bertz CT molecular complexity index is 386. The second kappa shape index (κ2) is 7.12. The number of aryl methyl sites for hydroxylation is 1. The number of hydrogen-bond acceptors (Lipinski definition) is 3. The number of nitrogen functional groups attached to an aromatic ring is 1. The lowest BCUT2D eigenvalue weighted by atomic mass is 10.3. The fourth-order valence-corrected chi connectivity index (χ4v) is 1.93. The maximum Gasteiger partial charge on any atom is 0.250 e. The van der Waals surface area contributed by atoms with Gasteiger partial charge in [0.15, 0.2) is 0 Å². The molecule has 0 saturated carbocycles. The zero-order valence-corrected chi connectivity index (χ0v) is 10.9. The number of rotatable bonds is 7. The van der Waals surface area contributed by atoms with Crippen LogP contribution in [0.25, 0.3) is 0 Å². The lowest BCUT2D eigenvalue weighted by molar-refractivity contribution is 0.279. The zero-order valence-electron chi connectivity index (χ0n) is 10.9. The predicted octanol–water partition coefficient (Wildman–Crippen LogP) is 1.55. The molecule has 2 N–H and O–H groups in total. The second-order valence-corrected chi connectivity index (χ2v) is 4.28. The van der Waals surface area contributed by atoms with Crippen molar-refractivity contribution in [3.05, 3.63) is 28.7 Å². The quantitative estimate of drug-likeness (QED) is 0.783. The van der Waals surface area contributed by atoms with Crippen molar-refractivity contribution >= 4 is 5.69 Å². The fraction of sp³-hybridized carbons (Fsp3) is 0.615. The Morgan fingerprint density at radius 1 is 1.29 bits per heavy atom.